The molecule has 0 aromatic carbocycles. The molecular weight excluding hydrogens is 360 g/mol. The Hall–Kier alpha value is -1.13. The van der Waals surface area contributed by atoms with Crippen LogP contribution >= 0.6 is 0 Å². The molecule has 0 aliphatic rings. The van der Waals surface area contributed by atoms with Gasteiger partial charge in [-0.3, -0.25) is 4.79 Å². The molecule has 0 unspecified atom stereocenters. The summed E-state index contributed by atoms with van der Waals surface area (Å²) in [7, 11) is 4.08. The number of aliphatic hydroxyl groups is 1. The van der Waals surface area contributed by atoms with E-state index in [1.165, 1.54) is 51.4 Å². The van der Waals surface area contributed by atoms with Gasteiger partial charge in [0, 0.05) is 19.5 Å². The van der Waals surface area contributed by atoms with Gasteiger partial charge in [-0.05, 0) is 65.6 Å². The first-order valence-corrected chi connectivity index (χ1v) is 11.9. The normalized spacial score (nSPS) is 11.9. The second kappa shape index (κ2) is 21.6. The van der Waals surface area contributed by atoms with E-state index in [-0.39, 0.29) is 12.5 Å². The van der Waals surface area contributed by atoms with Gasteiger partial charge >= 0.3 is 0 Å². The quantitative estimate of drug-likeness (QED) is 0.211. The van der Waals surface area contributed by atoms with Gasteiger partial charge in [0.1, 0.15) is 0 Å². The van der Waals surface area contributed by atoms with Gasteiger partial charge in [-0.25, -0.2) is 0 Å². The molecule has 0 saturated heterocycles. The first kappa shape index (κ1) is 27.9. The monoisotopic (exact) mass is 408 g/mol. The molecule has 0 radical (unpaired) electrons. The largest absolute Gasteiger partial charge is 0.395 e. The Morgan fingerprint density at radius 1 is 0.759 bits per heavy atom. The number of nitrogens with zero attached hydrogens (tertiary/aromatic N) is 2. The number of aliphatic hydroxyl groups excluding tert-OH is 1. The molecule has 0 bridgehead atoms. The fourth-order valence-electron chi connectivity index (χ4n) is 3.31. The minimum absolute atomic E-state index is 0.0515. The van der Waals surface area contributed by atoms with Crippen LogP contribution in [0.5, 0.6) is 0 Å². The zero-order valence-corrected chi connectivity index (χ0v) is 19.6. The predicted octanol–water partition coefficient (Wildman–Crippen LogP) is 5.57. The van der Waals surface area contributed by atoms with Crippen molar-refractivity contribution in [3.63, 3.8) is 0 Å². The van der Waals surface area contributed by atoms with Crippen molar-refractivity contribution < 1.29 is 9.90 Å². The Morgan fingerprint density at radius 3 is 2.00 bits per heavy atom. The summed E-state index contributed by atoms with van der Waals surface area (Å²) in [6.45, 7) is 4.48. The van der Waals surface area contributed by atoms with Crippen LogP contribution in [0, 0.1) is 0 Å². The van der Waals surface area contributed by atoms with Crippen LogP contribution in [0.3, 0.4) is 0 Å². The van der Waals surface area contributed by atoms with Gasteiger partial charge in [-0.15, -0.1) is 0 Å². The Kier molecular flexibility index (Phi) is 20.7. The van der Waals surface area contributed by atoms with Crippen LogP contribution in [-0.2, 0) is 4.79 Å². The molecule has 1 N–H and O–H groups in total. The molecule has 4 heteroatoms. The van der Waals surface area contributed by atoms with Crippen molar-refractivity contribution in [2.45, 2.75) is 90.4 Å². The maximum absolute atomic E-state index is 12.3. The van der Waals surface area contributed by atoms with Gasteiger partial charge in [0.2, 0.25) is 5.91 Å². The molecule has 0 aliphatic carbocycles. The second-order valence-corrected chi connectivity index (χ2v) is 8.24. The van der Waals surface area contributed by atoms with Crippen molar-refractivity contribution >= 4 is 5.91 Å². The molecule has 0 aliphatic heterocycles. The van der Waals surface area contributed by atoms with E-state index in [9.17, 15) is 9.90 Å². The first-order chi connectivity index (χ1) is 14.1. The van der Waals surface area contributed by atoms with Crippen LogP contribution in [-0.4, -0.2) is 61.2 Å². The second-order valence-electron chi connectivity index (χ2n) is 8.24. The molecular formula is C25H48N2O2. The summed E-state index contributed by atoms with van der Waals surface area (Å²) in [5.41, 5.74) is 0. The predicted molar refractivity (Wildman–Crippen MR) is 126 cm³/mol. The molecule has 0 rings (SSSR count). The topological polar surface area (TPSA) is 43.8 Å². The lowest BCUT2D eigenvalue weighted by atomic mass is 10.1. The zero-order valence-electron chi connectivity index (χ0n) is 19.6. The van der Waals surface area contributed by atoms with E-state index in [4.69, 9.17) is 0 Å². The highest BCUT2D eigenvalue weighted by molar-refractivity contribution is 5.76. The average Bonchev–Trinajstić information content (AvgIpc) is 2.69. The number of carbonyl (C=O) groups excluding carboxylic acids is 1. The van der Waals surface area contributed by atoms with Crippen LogP contribution in [0.15, 0.2) is 24.3 Å². The SMILES string of the molecule is CCCCC/C=C\C/C=C\CCCCCCCC(=O)N(CCO)CCCN(C)C. The minimum Gasteiger partial charge on any atom is -0.395 e. The number of unbranched alkanes of at least 4 members (excludes halogenated alkanes) is 8. The summed E-state index contributed by atoms with van der Waals surface area (Å²) in [4.78, 5) is 16.3. The van der Waals surface area contributed by atoms with Gasteiger partial charge in [0.15, 0.2) is 0 Å². The lowest BCUT2D eigenvalue weighted by Crippen LogP contribution is -2.35. The van der Waals surface area contributed by atoms with Gasteiger partial charge in [0.05, 0.1) is 6.61 Å². The highest BCUT2D eigenvalue weighted by atomic mass is 16.3. The van der Waals surface area contributed by atoms with E-state index in [0.29, 0.717) is 13.0 Å². The van der Waals surface area contributed by atoms with E-state index in [0.717, 1.165) is 38.8 Å². The van der Waals surface area contributed by atoms with Crippen LogP contribution in [0.1, 0.15) is 90.4 Å². The molecule has 0 aromatic rings. The van der Waals surface area contributed by atoms with Crippen LogP contribution in [0.25, 0.3) is 0 Å². The molecule has 0 spiro atoms. The number of hydrogen-bond acceptors (Lipinski definition) is 3. The van der Waals surface area contributed by atoms with Gasteiger partial charge < -0.3 is 14.9 Å². The van der Waals surface area contributed by atoms with Crippen molar-refractivity contribution in [1.82, 2.24) is 9.80 Å². The van der Waals surface area contributed by atoms with Crippen LogP contribution in [0.4, 0.5) is 0 Å². The summed E-state index contributed by atoms with van der Waals surface area (Å²) in [5.74, 6) is 0.198. The fraction of sp³-hybridized carbons (Fsp3) is 0.800. The van der Waals surface area contributed by atoms with Crippen molar-refractivity contribution in [3.05, 3.63) is 24.3 Å². The standard InChI is InChI=1S/C25H48N2O2/c1-4-5-6-7-8-9-10-11-12-13-14-15-16-17-18-20-25(29)27(23-24-28)22-19-21-26(2)3/h8-9,11-12,28H,4-7,10,13-24H2,1-3H3/b9-8-,12-11-. The van der Waals surface area contributed by atoms with E-state index in [2.05, 4.69) is 36.1 Å². The maximum atomic E-state index is 12.3. The third-order valence-electron chi connectivity index (χ3n) is 5.10. The van der Waals surface area contributed by atoms with E-state index in [1.807, 2.05) is 19.0 Å². The summed E-state index contributed by atoms with van der Waals surface area (Å²) in [6, 6.07) is 0. The van der Waals surface area contributed by atoms with E-state index in [1.54, 1.807) is 0 Å². The molecule has 1 amide bonds. The molecule has 170 valence electrons. The average molecular weight is 409 g/mol. The summed E-state index contributed by atoms with van der Waals surface area (Å²) in [6.07, 6.45) is 23.9. The highest BCUT2D eigenvalue weighted by Crippen LogP contribution is 2.10. The fourth-order valence-corrected chi connectivity index (χ4v) is 3.31. The summed E-state index contributed by atoms with van der Waals surface area (Å²) < 4.78 is 0. The summed E-state index contributed by atoms with van der Waals surface area (Å²) in [5, 5.41) is 9.18. The third kappa shape index (κ3) is 19.9. The lowest BCUT2D eigenvalue weighted by molar-refractivity contribution is -0.132. The number of amides is 1. The van der Waals surface area contributed by atoms with Gasteiger partial charge in [-0.2, -0.15) is 0 Å². The number of allylic oxidation sites excluding steroid dienone is 4. The van der Waals surface area contributed by atoms with Gasteiger partial charge in [-0.1, -0.05) is 63.3 Å². The van der Waals surface area contributed by atoms with Crippen molar-refractivity contribution in [2.24, 2.45) is 0 Å². The molecule has 0 heterocycles. The van der Waals surface area contributed by atoms with Crippen LogP contribution in [0.2, 0.25) is 0 Å². The number of rotatable bonds is 20. The first-order valence-electron chi connectivity index (χ1n) is 11.9. The van der Waals surface area contributed by atoms with E-state index >= 15 is 0 Å². The lowest BCUT2D eigenvalue weighted by Gasteiger charge is -2.22. The Labute approximate surface area is 181 Å². The number of hydrogen-bond donors (Lipinski definition) is 1. The molecule has 4 nitrogen and oxygen atoms in total. The van der Waals surface area contributed by atoms with Crippen molar-refractivity contribution in [3.8, 4) is 0 Å². The molecule has 0 atom stereocenters. The Morgan fingerprint density at radius 2 is 1.38 bits per heavy atom. The Balaban J connectivity index is 3.61. The Bertz CT molecular complexity index is 419. The van der Waals surface area contributed by atoms with E-state index < -0.39 is 0 Å². The van der Waals surface area contributed by atoms with Crippen molar-refractivity contribution in [1.29, 1.82) is 0 Å². The summed E-state index contributed by atoms with van der Waals surface area (Å²) >= 11 is 0. The molecule has 0 saturated carbocycles. The number of carbonyl (C=O) groups is 1. The molecule has 29 heavy (non-hydrogen) atoms. The molecule has 0 aromatic heterocycles. The third-order valence-corrected chi connectivity index (χ3v) is 5.10. The van der Waals surface area contributed by atoms with Crippen LogP contribution < -0.4 is 0 Å². The minimum atomic E-state index is 0.0515. The molecule has 0 fully saturated rings. The van der Waals surface area contributed by atoms with Gasteiger partial charge in [0.25, 0.3) is 0 Å². The maximum Gasteiger partial charge on any atom is 0.222 e. The smallest absolute Gasteiger partial charge is 0.222 e. The highest BCUT2D eigenvalue weighted by Gasteiger charge is 2.12. The van der Waals surface area contributed by atoms with Crippen molar-refractivity contribution in [2.75, 3.05) is 40.3 Å². The zero-order chi connectivity index (χ0) is 21.6.